The number of ether oxygens (including phenoxy) is 1. The second-order valence-electron chi connectivity index (χ2n) is 11.8. The number of hydrogen-bond donors (Lipinski definition) is 2. The molecule has 0 spiro atoms. The lowest BCUT2D eigenvalue weighted by Gasteiger charge is -2.35. The van der Waals surface area contributed by atoms with Crippen LogP contribution >= 0.6 is 0 Å². The number of halogens is 1. The highest BCUT2D eigenvalue weighted by Crippen LogP contribution is 2.36. The average molecular weight is 597 g/mol. The fourth-order valence-electron chi connectivity index (χ4n) is 6.25. The van der Waals surface area contributed by atoms with Crippen molar-refractivity contribution in [2.75, 3.05) is 39.3 Å². The van der Waals surface area contributed by atoms with Gasteiger partial charge in [-0.05, 0) is 73.2 Å². The maximum atomic E-state index is 14.1. The third kappa shape index (κ3) is 9.16. The zero-order valence-electron chi connectivity index (χ0n) is 24.7. The van der Waals surface area contributed by atoms with E-state index in [4.69, 9.17) is 4.74 Å². The number of nitrogens with zero attached hydrogens (tertiary/aromatic N) is 3. The van der Waals surface area contributed by atoms with Crippen LogP contribution < -0.4 is 5.32 Å². The number of carboxylic acid groups (broad SMARTS) is 1. The maximum absolute atomic E-state index is 14.1. The molecule has 0 unspecified atom stereocenters. The molecule has 10 nitrogen and oxygen atoms in total. The minimum atomic E-state index is -0.813. The third-order valence-electron chi connectivity index (χ3n) is 8.41. The number of rotatable bonds is 13. The molecule has 0 radical (unpaired) electrons. The number of nitro benzene ring substituents is 1. The summed E-state index contributed by atoms with van der Waals surface area (Å²) in [6, 6.07) is 12.3. The molecule has 0 bridgehead atoms. The molecular weight excluding hydrogens is 555 g/mol. The number of non-ortho nitro benzene ring substituents is 1. The van der Waals surface area contributed by atoms with Crippen LogP contribution in [0.2, 0.25) is 0 Å². The van der Waals surface area contributed by atoms with Gasteiger partial charge in [0.15, 0.2) is 0 Å². The number of nitro groups is 1. The molecule has 2 aliphatic heterocycles. The van der Waals surface area contributed by atoms with Crippen LogP contribution in [0, 0.1) is 27.8 Å². The fourth-order valence-corrected chi connectivity index (χ4v) is 6.25. The van der Waals surface area contributed by atoms with Crippen molar-refractivity contribution >= 4 is 17.6 Å². The van der Waals surface area contributed by atoms with Crippen molar-refractivity contribution in [1.29, 1.82) is 0 Å². The predicted octanol–water partition coefficient (Wildman–Crippen LogP) is 4.21. The molecule has 3 atom stereocenters. The molecule has 232 valence electrons. The average Bonchev–Trinajstić information content (AvgIpc) is 3.37. The van der Waals surface area contributed by atoms with Gasteiger partial charge in [0.2, 0.25) is 0 Å². The van der Waals surface area contributed by atoms with Gasteiger partial charge in [-0.3, -0.25) is 19.8 Å². The number of carbonyl (C=O) groups excluding carboxylic acids is 1. The first-order valence-corrected chi connectivity index (χ1v) is 14.9. The molecule has 2 aromatic carbocycles. The van der Waals surface area contributed by atoms with E-state index >= 15 is 0 Å². The summed E-state index contributed by atoms with van der Waals surface area (Å²) < 4.78 is 19.3. The molecule has 11 heteroatoms. The quantitative estimate of drug-likeness (QED) is 0.151. The van der Waals surface area contributed by atoms with Crippen LogP contribution in [-0.4, -0.2) is 83.1 Å². The van der Waals surface area contributed by atoms with E-state index in [2.05, 4.69) is 15.1 Å². The first-order valence-electron chi connectivity index (χ1n) is 14.9. The molecule has 2 aliphatic rings. The van der Waals surface area contributed by atoms with Crippen LogP contribution in [0.1, 0.15) is 43.7 Å². The lowest BCUT2D eigenvalue weighted by atomic mass is 9.88. The fraction of sp³-hybridized carbons (Fsp3) is 0.500. The first kappa shape index (κ1) is 32.2. The van der Waals surface area contributed by atoms with Gasteiger partial charge in [-0.1, -0.05) is 32.1 Å². The second-order valence-corrected chi connectivity index (χ2v) is 11.8. The molecule has 0 saturated carbocycles. The standard InChI is InChI=1S/C32H41FN4O6/c1-22(2)31(32(39)40)36-19-25(29(20-36)24-5-3-6-26(33)17-24)18-35-15-12-27(13-16-35)34-14-4-7-30(38)43-21-23-8-10-28(11-9-23)37(41)42/h3-11,17,22,25,27,29,31,34H,12-16,18-21H2,1-2H3,(H,39,40)/t25-,29+,31+/m0/s1. The number of hydrogen-bond acceptors (Lipinski definition) is 8. The van der Waals surface area contributed by atoms with E-state index < -0.39 is 22.9 Å². The summed E-state index contributed by atoms with van der Waals surface area (Å²) in [7, 11) is 0. The van der Waals surface area contributed by atoms with Crippen molar-refractivity contribution in [2.45, 2.75) is 51.3 Å². The minimum Gasteiger partial charge on any atom is -0.480 e. The first-order chi connectivity index (χ1) is 20.6. The minimum absolute atomic E-state index is 0.0133. The molecular formula is C32H41FN4O6. The van der Waals surface area contributed by atoms with E-state index in [0.29, 0.717) is 31.2 Å². The highest BCUT2D eigenvalue weighted by molar-refractivity contribution is 5.81. The van der Waals surface area contributed by atoms with E-state index in [1.54, 1.807) is 30.3 Å². The van der Waals surface area contributed by atoms with Gasteiger partial charge in [-0.2, -0.15) is 0 Å². The summed E-state index contributed by atoms with van der Waals surface area (Å²) in [5.41, 5.74) is 1.59. The van der Waals surface area contributed by atoms with Crippen LogP contribution in [0.3, 0.4) is 0 Å². The van der Waals surface area contributed by atoms with Gasteiger partial charge in [-0.25, -0.2) is 9.18 Å². The van der Waals surface area contributed by atoms with Crippen molar-refractivity contribution in [3.8, 4) is 0 Å². The normalized spacial score (nSPS) is 20.9. The lowest BCUT2D eigenvalue weighted by Crippen LogP contribution is -2.45. The Morgan fingerprint density at radius 1 is 1.16 bits per heavy atom. The van der Waals surface area contributed by atoms with Crippen molar-refractivity contribution in [3.63, 3.8) is 0 Å². The Kier molecular flexibility index (Phi) is 11.4. The van der Waals surface area contributed by atoms with E-state index in [1.807, 2.05) is 19.9 Å². The van der Waals surface area contributed by atoms with E-state index in [9.17, 15) is 29.2 Å². The summed E-state index contributed by atoms with van der Waals surface area (Å²) in [5.74, 6) is -1.32. The summed E-state index contributed by atoms with van der Waals surface area (Å²) >= 11 is 0. The van der Waals surface area contributed by atoms with Crippen molar-refractivity contribution < 1.29 is 28.7 Å². The predicted molar refractivity (Wildman–Crippen MR) is 160 cm³/mol. The third-order valence-corrected chi connectivity index (χ3v) is 8.41. The molecule has 0 amide bonds. The van der Waals surface area contributed by atoms with Crippen molar-refractivity contribution in [2.24, 2.45) is 11.8 Å². The molecule has 4 rings (SSSR count). The summed E-state index contributed by atoms with van der Waals surface area (Å²) in [6.45, 7) is 8.33. The number of likely N-dealkylation sites (tertiary alicyclic amines) is 2. The van der Waals surface area contributed by atoms with Gasteiger partial charge in [-0.15, -0.1) is 0 Å². The lowest BCUT2D eigenvalue weighted by molar-refractivity contribution is -0.384. The summed E-state index contributed by atoms with van der Waals surface area (Å²) in [4.78, 5) is 38.8. The Morgan fingerprint density at radius 3 is 2.51 bits per heavy atom. The molecule has 2 heterocycles. The Balaban J connectivity index is 1.22. The Labute approximate surface area is 251 Å². The van der Waals surface area contributed by atoms with Crippen molar-refractivity contribution in [3.05, 3.63) is 87.7 Å². The van der Waals surface area contributed by atoms with Crippen LogP contribution in [0.25, 0.3) is 0 Å². The number of carbonyl (C=O) groups is 2. The van der Waals surface area contributed by atoms with Gasteiger partial charge < -0.3 is 20.1 Å². The summed E-state index contributed by atoms with van der Waals surface area (Å²) in [5, 5.41) is 24.1. The van der Waals surface area contributed by atoms with E-state index in [1.165, 1.54) is 24.3 Å². The van der Waals surface area contributed by atoms with Crippen molar-refractivity contribution in [1.82, 2.24) is 15.1 Å². The van der Waals surface area contributed by atoms with Gasteiger partial charge in [0.1, 0.15) is 18.5 Å². The number of esters is 1. The SMILES string of the molecule is CC(C)[C@H](C(=O)O)N1C[C@H](CN2CCC(NCC=CC(=O)OCc3ccc([N+](=O)[O-])cc3)CC2)[C@@H](c2cccc(F)c2)C1. The molecule has 2 aromatic rings. The molecule has 43 heavy (non-hydrogen) atoms. The number of carboxylic acids is 1. The van der Waals surface area contributed by atoms with Crippen LogP contribution in [0.5, 0.6) is 0 Å². The number of aliphatic carboxylic acids is 1. The molecule has 2 saturated heterocycles. The van der Waals surface area contributed by atoms with Crippen LogP contribution in [-0.2, 0) is 20.9 Å². The molecule has 0 aliphatic carbocycles. The van der Waals surface area contributed by atoms with Crippen LogP contribution in [0.4, 0.5) is 10.1 Å². The Hall–Kier alpha value is -3.67. The van der Waals surface area contributed by atoms with Gasteiger partial charge in [0.05, 0.1) is 4.92 Å². The van der Waals surface area contributed by atoms with E-state index in [-0.39, 0.29) is 35.9 Å². The second kappa shape index (κ2) is 15.2. The Bertz CT molecular complexity index is 1280. The monoisotopic (exact) mass is 596 g/mol. The number of piperidine rings is 1. The number of nitrogens with one attached hydrogen (secondary N) is 1. The zero-order chi connectivity index (χ0) is 30.9. The van der Waals surface area contributed by atoms with Gasteiger partial charge in [0.25, 0.3) is 5.69 Å². The molecule has 2 fully saturated rings. The number of benzene rings is 2. The maximum Gasteiger partial charge on any atom is 0.330 e. The van der Waals surface area contributed by atoms with Crippen LogP contribution in [0.15, 0.2) is 60.7 Å². The summed E-state index contributed by atoms with van der Waals surface area (Å²) in [6.07, 6.45) is 5.01. The molecule has 2 N–H and O–H groups in total. The van der Waals surface area contributed by atoms with E-state index in [0.717, 1.165) is 38.0 Å². The topological polar surface area (TPSA) is 125 Å². The van der Waals surface area contributed by atoms with Gasteiger partial charge >= 0.3 is 11.9 Å². The molecule has 0 aromatic heterocycles. The Morgan fingerprint density at radius 2 is 1.88 bits per heavy atom. The zero-order valence-corrected chi connectivity index (χ0v) is 24.7. The smallest absolute Gasteiger partial charge is 0.330 e. The highest BCUT2D eigenvalue weighted by Gasteiger charge is 2.41. The van der Waals surface area contributed by atoms with Gasteiger partial charge in [0, 0.05) is 56.3 Å². The highest BCUT2D eigenvalue weighted by atomic mass is 19.1. The largest absolute Gasteiger partial charge is 0.480 e.